The fourth-order valence-corrected chi connectivity index (χ4v) is 5.77. The highest BCUT2D eigenvalue weighted by atomic mass is 16.6. The fraction of sp³-hybridized carbons (Fsp3) is 0.424. The second-order valence-electron chi connectivity index (χ2n) is 10.7. The van der Waals surface area contributed by atoms with Crippen LogP contribution >= 0.6 is 0 Å². The van der Waals surface area contributed by atoms with Crippen LogP contribution in [0, 0.1) is 0 Å². The summed E-state index contributed by atoms with van der Waals surface area (Å²) in [5.41, 5.74) is 3.37. The minimum Gasteiger partial charge on any atom is -0.482 e. The van der Waals surface area contributed by atoms with E-state index in [2.05, 4.69) is 35.2 Å². The van der Waals surface area contributed by atoms with Gasteiger partial charge in [-0.15, -0.1) is 0 Å². The fourth-order valence-electron chi connectivity index (χ4n) is 5.77. The van der Waals surface area contributed by atoms with Gasteiger partial charge in [0.15, 0.2) is 6.61 Å². The van der Waals surface area contributed by atoms with E-state index in [4.69, 9.17) is 14.2 Å². The summed E-state index contributed by atoms with van der Waals surface area (Å²) in [7, 11) is 0. The van der Waals surface area contributed by atoms with Gasteiger partial charge in [0, 0.05) is 13.1 Å². The topological polar surface area (TPSA) is 68.2 Å². The van der Waals surface area contributed by atoms with Gasteiger partial charge in [-0.05, 0) is 60.8 Å². The lowest BCUT2D eigenvalue weighted by Crippen LogP contribution is -2.40. The molecule has 1 N–H and O–H groups in total. The summed E-state index contributed by atoms with van der Waals surface area (Å²) in [6, 6.07) is 28.1. The van der Waals surface area contributed by atoms with E-state index >= 15 is 0 Å². The number of para-hydroxylation sites is 1. The number of rotatable bonds is 11. The van der Waals surface area contributed by atoms with E-state index in [9.17, 15) is 9.90 Å². The van der Waals surface area contributed by atoms with Crippen molar-refractivity contribution in [3.63, 3.8) is 0 Å². The molecule has 1 aliphatic carbocycles. The van der Waals surface area contributed by atoms with Gasteiger partial charge in [-0.1, -0.05) is 78.9 Å². The van der Waals surface area contributed by atoms with Gasteiger partial charge in [-0.25, -0.2) is 4.79 Å². The number of ether oxygens (including phenoxy) is 3. The predicted molar refractivity (Wildman–Crippen MR) is 150 cm³/mol. The first-order valence-corrected chi connectivity index (χ1v) is 14.1. The van der Waals surface area contributed by atoms with Gasteiger partial charge in [-0.2, -0.15) is 0 Å². The number of hydrogen-bond donors (Lipinski definition) is 1. The van der Waals surface area contributed by atoms with Crippen molar-refractivity contribution in [3.05, 3.63) is 102 Å². The van der Waals surface area contributed by atoms with Gasteiger partial charge in [0.2, 0.25) is 0 Å². The maximum Gasteiger partial charge on any atom is 0.344 e. The minimum absolute atomic E-state index is 0.0405. The Labute approximate surface area is 231 Å². The molecule has 2 fully saturated rings. The van der Waals surface area contributed by atoms with Crippen LogP contribution in [0.15, 0.2) is 84.9 Å². The van der Waals surface area contributed by atoms with Gasteiger partial charge in [-0.3, -0.25) is 4.90 Å². The lowest BCUT2D eigenvalue weighted by Gasteiger charge is -2.32. The van der Waals surface area contributed by atoms with Gasteiger partial charge in [0.05, 0.1) is 24.9 Å². The normalized spacial score (nSPS) is 23.4. The Morgan fingerprint density at radius 3 is 2.23 bits per heavy atom. The van der Waals surface area contributed by atoms with Crippen molar-refractivity contribution in [2.75, 3.05) is 19.8 Å². The molecule has 0 unspecified atom stereocenters. The smallest absolute Gasteiger partial charge is 0.344 e. The second kappa shape index (κ2) is 13.7. The van der Waals surface area contributed by atoms with Crippen molar-refractivity contribution >= 4 is 5.97 Å². The number of benzene rings is 3. The molecule has 5 rings (SSSR count). The van der Waals surface area contributed by atoms with Crippen LogP contribution in [0.5, 0.6) is 5.75 Å². The molecule has 1 saturated carbocycles. The molecule has 2 aliphatic rings. The molecule has 0 radical (unpaired) electrons. The zero-order valence-corrected chi connectivity index (χ0v) is 22.5. The number of carbonyl (C=O) groups excluding carboxylic acids is 1. The number of aliphatic hydroxyl groups is 1. The van der Waals surface area contributed by atoms with E-state index < -0.39 is 0 Å². The Balaban J connectivity index is 1.08. The second-order valence-corrected chi connectivity index (χ2v) is 10.7. The zero-order chi connectivity index (χ0) is 26.9. The maximum absolute atomic E-state index is 12.3. The Kier molecular flexibility index (Phi) is 9.65. The summed E-state index contributed by atoms with van der Waals surface area (Å²) in [6.45, 7) is 2.44. The van der Waals surface area contributed by atoms with Crippen LogP contribution in [0.3, 0.4) is 0 Å². The third kappa shape index (κ3) is 7.69. The van der Waals surface area contributed by atoms with Crippen LogP contribution < -0.4 is 4.74 Å². The third-order valence-corrected chi connectivity index (χ3v) is 7.98. The van der Waals surface area contributed by atoms with Crippen molar-refractivity contribution in [2.24, 2.45) is 0 Å². The number of nitrogens with zero attached hydrogens (tertiary/aromatic N) is 1. The van der Waals surface area contributed by atoms with Gasteiger partial charge >= 0.3 is 5.97 Å². The first kappa shape index (κ1) is 27.4. The van der Waals surface area contributed by atoms with Crippen molar-refractivity contribution in [2.45, 2.75) is 69.4 Å². The van der Waals surface area contributed by atoms with E-state index in [1.54, 1.807) is 0 Å². The lowest BCUT2D eigenvalue weighted by molar-refractivity contribution is -0.147. The number of likely N-dealkylation sites (tertiary alicyclic amines) is 1. The highest BCUT2D eigenvalue weighted by Crippen LogP contribution is 2.38. The van der Waals surface area contributed by atoms with E-state index in [0.717, 1.165) is 62.1 Å². The van der Waals surface area contributed by atoms with Crippen LogP contribution in [0.1, 0.15) is 54.7 Å². The highest BCUT2D eigenvalue weighted by Gasteiger charge is 2.34. The summed E-state index contributed by atoms with van der Waals surface area (Å²) in [6.07, 6.45) is 4.61. The van der Waals surface area contributed by atoms with Crippen molar-refractivity contribution in [3.8, 4) is 5.75 Å². The van der Waals surface area contributed by atoms with E-state index in [0.29, 0.717) is 12.5 Å². The molecular formula is C33H39NO5. The van der Waals surface area contributed by atoms with Crippen molar-refractivity contribution in [1.29, 1.82) is 0 Å². The molecule has 6 nitrogen and oxygen atoms in total. The molecule has 0 bridgehead atoms. The van der Waals surface area contributed by atoms with Gasteiger partial charge in [0.25, 0.3) is 0 Å². The maximum atomic E-state index is 12.3. The molecule has 39 heavy (non-hydrogen) atoms. The van der Waals surface area contributed by atoms with Crippen molar-refractivity contribution < 1.29 is 24.1 Å². The lowest BCUT2D eigenvalue weighted by atomic mass is 9.82. The molecule has 6 heteroatoms. The molecule has 3 aromatic rings. The minimum atomic E-state index is -0.374. The van der Waals surface area contributed by atoms with Crippen LogP contribution in [-0.2, 0) is 27.4 Å². The summed E-state index contributed by atoms with van der Waals surface area (Å²) < 4.78 is 17.6. The Morgan fingerprint density at radius 1 is 0.821 bits per heavy atom. The molecule has 0 spiro atoms. The molecular weight excluding hydrogens is 490 g/mol. The first-order chi connectivity index (χ1) is 19.2. The summed E-state index contributed by atoms with van der Waals surface area (Å²) in [5, 5.41) is 10.6. The molecule has 1 heterocycles. The summed E-state index contributed by atoms with van der Waals surface area (Å²) in [4.78, 5) is 14.6. The number of hydrogen-bond acceptors (Lipinski definition) is 6. The Bertz CT molecular complexity index is 1160. The summed E-state index contributed by atoms with van der Waals surface area (Å²) in [5.74, 6) is 0.748. The average Bonchev–Trinajstić information content (AvgIpc) is 3.33. The van der Waals surface area contributed by atoms with Gasteiger partial charge < -0.3 is 19.3 Å². The van der Waals surface area contributed by atoms with E-state index in [1.165, 1.54) is 5.56 Å². The SMILES string of the molecule is O=C(COc1ccccc1[C@H]1CC[C@@H](OC[C@H]2[C@H](O)CCN2Cc2ccccc2)CC1)OCc1ccccc1. The standard InChI is InChI=1S/C33H39NO5/c35-31-19-20-34(21-25-9-3-1-4-10-25)30(31)23-37-28-17-15-27(16-18-28)29-13-7-8-14-32(29)38-24-33(36)39-22-26-11-5-2-6-12-26/h1-14,27-28,30-31,35H,15-24H2/t27-,28+,30-,31+/m0/s1. The highest BCUT2D eigenvalue weighted by molar-refractivity contribution is 5.71. The predicted octanol–water partition coefficient (Wildman–Crippen LogP) is 5.49. The first-order valence-electron chi connectivity index (χ1n) is 14.1. The third-order valence-electron chi connectivity index (χ3n) is 7.98. The van der Waals surface area contributed by atoms with E-state index in [1.807, 2.05) is 54.6 Å². The number of esters is 1. The van der Waals surface area contributed by atoms with Crippen LogP contribution in [-0.4, -0.2) is 54.0 Å². The molecule has 206 valence electrons. The number of aliphatic hydroxyl groups excluding tert-OH is 1. The van der Waals surface area contributed by atoms with Gasteiger partial charge in [0.1, 0.15) is 12.4 Å². The van der Waals surface area contributed by atoms with Crippen LogP contribution in [0.4, 0.5) is 0 Å². The molecule has 0 amide bonds. The average molecular weight is 530 g/mol. The Hall–Kier alpha value is -3.19. The Morgan fingerprint density at radius 2 is 1.49 bits per heavy atom. The van der Waals surface area contributed by atoms with E-state index in [-0.39, 0.29) is 37.4 Å². The van der Waals surface area contributed by atoms with Crippen LogP contribution in [0.2, 0.25) is 0 Å². The molecule has 1 saturated heterocycles. The molecule has 2 atom stereocenters. The zero-order valence-electron chi connectivity index (χ0n) is 22.5. The molecule has 0 aromatic heterocycles. The molecule has 1 aliphatic heterocycles. The van der Waals surface area contributed by atoms with Crippen molar-refractivity contribution in [1.82, 2.24) is 4.90 Å². The summed E-state index contributed by atoms with van der Waals surface area (Å²) >= 11 is 0. The quantitative estimate of drug-likeness (QED) is 0.332. The van der Waals surface area contributed by atoms with Crippen LogP contribution in [0.25, 0.3) is 0 Å². The number of carbonyl (C=O) groups is 1. The monoisotopic (exact) mass is 529 g/mol. The molecule has 3 aromatic carbocycles. The largest absolute Gasteiger partial charge is 0.482 e.